The molecule has 0 aliphatic rings. The Morgan fingerprint density at radius 3 is 2.55 bits per heavy atom. The molecular weight excluding hydrogens is 276 g/mol. The smallest absolute Gasteiger partial charge is 0.337 e. The fraction of sp³-hybridized carbons (Fsp3) is 0.111. The lowest BCUT2D eigenvalue weighted by Gasteiger charge is -2.11. The highest BCUT2D eigenvalue weighted by Gasteiger charge is 2.10. The standard InChI is InChI=1S/C18H16N2O2/c1-13-4-9-16(17(12-13)20-11-3-10-19-20)14-5-7-15(8-6-14)18(21)22-2/h3-12H,1-2H3. The van der Waals surface area contributed by atoms with Crippen LogP contribution >= 0.6 is 0 Å². The van der Waals surface area contributed by atoms with E-state index in [2.05, 4.69) is 30.2 Å². The van der Waals surface area contributed by atoms with Crippen molar-refractivity contribution in [3.8, 4) is 16.8 Å². The largest absolute Gasteiger partial charge is 0.465 e. The van der Waals surface area contributed by atoms with Gasteiger partial charge in [-0.05, 0) is 42.3 Å². The van der Waals surface area contributed by atoms with Crippen LogP contribution in [0.25, 0.3) is 16.8 Å². The molecule has 3 rings (SSSR count). The molecule has 0 saturated heterocycles. The highest BCUT2D eigenvalue weighted by Crippen LogP contribution is 2.27. The number of hydrogen-bond donors (Lipinski definition) is 0. The summed E-state index contributed by atoms with van der Waals surface area (Å²) in [6.07, 6.45) is 3.67. The van der Waals surface area contributed by atoms with Crippen molar-refractivity contribution in [3.63, 3.8) is 0 Å². The van der Waals surface area contributed by atoms with Crippen molar-refractivity contribution in [1.82, 2.24) is 9.78 Å². The maximum atomic E-state index is 11.5. The Hall–Kier alpha value is -2.88. The maximum Gasteiger partial charge on any atom is 0.337 e. The number of hydrogen-bond acceptors (Lipinski definition) is 3. The van der Waals surface area contributed by atoms with Crippen LogP contribution in [0.4, 0.5) is 0 Å². The number of esters is 1. The number of nitrogens with zero attached hydrogens (tertiary/aromatic N) is 2. The normalized spacial score (nSPS) is 10.5. The van der Waals surface area contributed by atoms with E-state index in [4.69, 9.17) is 4.74 Å². The van der Waals surface area contributed by atoms with E-state index in [-0.39, 0.29) is 5.97 Å². The molecule has 0 unspecified atom stereocenters. The summed E-state index contributed by atoms with van der Waals surface area (Å²) < 4.78 is 6.57. The van der Waals surface area contributed by atoms with E-state index in [1.165, 1.54) is 12.7 Å². The molecule has 1 heterocycles. The maximum absolute atomic E-state index is 11.5. The number of aromatic nitrogens is 2. The summed E-state index contributed by atoms with van der Waals surface area (Å²) in [4.78, 5) is 11.5. The molecule has 4 heteroatoms. The van der Waals surface area contributed by atoms with Gasteiger partial charge in [-0.25, -0.2) is 9.48 Å². The van der Waals surface area contributed by atoms with Crippen molar-refractivity contribution in [1.29, 1.82) is 0 Å². The van der Waals surface area contributed by atoms with Crippen molar-refractivity contribution < 1.29 is 9.53 Å². The number of rotatable bonds is 3. The average molecular weight is 292 g/mol. The minimum absolute atomic E-state index is 0.331. The van der Waals surface area contributed by atoms with Crippen LogP contribution in [0.15, 0.2) is 60.9 Å². The first-order valence-corrected chi connectivity index (χ1v) is 6.98. The zero-order valence-electron chi connectivity index (χ0n) is 12.5. The van der Waals surface area contributed by atoms with Crippen molar-refractivity contribution in [2.45, 2.75) is 6.92 Å². The fourth-order valence-corrected chi connectivity index (χ4v) is 2.39. The summed E-state index contributed by atoms with van der Waals surface area (Å²) in [5, 5.41) is 4.32. The van der Waals surface area contributed by atoms with E-state index in [1.54, 1.807) is 18.3 Å². The Bertz CT molecular complexity index is 790. The van der Waals surface area contributed by atoms with Gasteiger partial charge in [0.1, 0.15) is 0 Å². The lowest BCUT2D eigenvalue weighted by Crippen LogP contribution is -2.01. The molecule has 0 saturated carbocycles. The van der Waals surface area contributed by atoms with Gasteiger partial charge >= 0.3 is 5.97 Å². The van der Waals surface area contributed by atoms with E-state index >= 15 is 0 Å². The van der Waals surface area contributed by atoms with Gasteiger partial charge in [0.05, 0.1) is 18.4 Å². The van der Waals surface area contributed by atoms with Gasteiger partial charge in [-0.1, -0.05) is 24.3 Å². The van der Waals surface area contributed by atoms with Crippen LogP contribution in [0.2, 0.25) is 0 Å². The van der Waals surface area contributed by atoms with Crippen molar-refractivity contribution in [2.75, 3.05) is 7.11 Å². The molecule has 0 radical (unpaired) electrons. The molecule has 0 fully saturated rings. The Balaban J connectivity index is 2.07. The van der Waals surface area contributed by atoms with Gasteiger partial charge in [0, 0.05) is 18.0 Å². The summed E-state index contributed by atoms with van der Waals surface area (Å²) in [5.74, 6) is -0.331. The number of methoxy groups -OCH3 is 1. The molecule has 0 aliphatic heterocycles. The number of carbonyl (C=O) groups is 1. The molecule has 4 nitrogen and oxygen atoms in total. The molecule has 0 amide bonds. The minimum Gasteiger partial charge on any atom is -0.465 e. The molecule has 2 aromatic carbocycles. The highest BCUT2D eigenvalue weighted by atomic mass is 16.5. The first kappa shape index (κ1) is 14.1. The molecule has 0 spiro atoms. The Morgan fingerprint density at radius 2 is 1.91 bits per heavy atom. The summed E-state index contributed by atoms with van der Waals surface area (Å²) in [5.41, 5.74) is 4.80. The molecule has 0 bridgehead atoms. The number of aryl methyl sites for hydroxylation is 1. The van der Waals surface area contributed by atoms with Crippen LogP contribution in [0, 0.1) is 6.92 Å². The second kappa shape index (κ2) is 5.85. The van der Waals surface area contributed by atoms with Crippen molar-refractivity contribution in [3.05, 3.63) is 72.1 Å². The molecule has 0 aliphatic carbocycles. The van der Waals surface area contributed by atoms with E-state index in [1.807, 2.05) is 29.1 Å². The molecule has 3 aromatic rings. The van der Waals surface area contributed by atoms with E-state index in [9.17, 15) is 4.79 Å². The van der Waals surface area contributed by atoms with Gasteiger partial charge < -0.3 is 4.74 Å². The third-order valence-corrected chi connectivity index (χ3v) is 3.52. The van der Waals surface area contributed by atoms with Gasteiger partial charge in [0.2, 0.25) is 0 Å². The number of benzene rings is 2. The quantitative estimate of drug-likeness (QED) is 0.692. The first-order chi connectivity index (χ1) is 10.7. The van der Waals surface area contributed by atoms with Gasteiger partial charge in [-0.15, -0.1) is 0 Å². The third-order valence-electron chi connectivity index (χ3n) is 3.52. The Labute approximate surface area is 129 Å². The number of ether oxygens (including phenoxy) is 1. The molecule has 110 valence electrons. The SMILES string of the molecule is COC(=O)c1ccc(-c2ccc(C)cc2-n2cccn2)cc1. The average Bonchev–Trinajstić information content (AvgIpc) is 3.08. The minimum atomic E-state index is -0.331. The zero-order valence-corrected chi connectivity index (χ0v) is 12.5. The van der Waals surface area contributed by atoms with Gasteiger partial charge in [-0.2, -0.15) is 5.10 Å². The van der Waals surface area contributed by atoms with Crippen LogP contribution < -0.4 is 0 Å². The van der Waals surface area contributed by atoms with E-state index in [0.717, 1.165) is 16.8 Å². The molecule has 1 aromatic heterocycles. The zero-order chi connectivity index (χ0) is 15.5. The van der Waals surface area contributed by atoms with Gasteiger partial charge in [-0.3, -0.25) is 0 Å². The van der Waals surface area contributed by atoms with Crippen LogP contribution in [0.1, 0.15) is 15.9 Å². The summed E-state index contributed by atoms with van der Waals surface area (Å²) >= 11 is 0. The molecule has 0 N–H and O–H groups in total. The predicted molar refractivity (Wildman–Crippen MR) is 85.1 cm³/mol. The van der Waals surface area contributed by atoms with Crippen LogP contribution in [-0.2, 0) is 4.74 Å². The van der Waals surface area contributed by atoms with Gasteiger partial charge in [0.25, 0.3) is 0 Å². The van der Waals surface area contributed by atoms with Crippen molar-refractivity contribution in [2.24, 2.45) is 0 Å². The topological polar surface area (TPSA) is 44.1 Å². The van der Waals surface area contributed by atoms with Crippen LogP contribution in [0.5, 0.6) is 0 Å². The van der Waals surface area contributed by atoms with Crippen LogP contribution in [-0.4, -0.2) is 22.9 Å². The number of carbonyl (C=O) groups excluding carboxylic acids is 1. The summed E-state index contributed by atoms with van der Waals surface area (Å²) in [6.45, 7) is 2.05. The second-order valence-electron chi connectivity index (χ2n) is 5.04. The Morgan fingerprint density at radius 1 is 1.14 bits per heavy atom. The second-order valence-corrected chi connectivity index (χ2v) is 5.04. The molecule has 22 heavy (non-hydrogen) atoms. The van der Waals surface area contributed by atoms with Crippen LogP contribution in [0.3, 0.4) is 0 Å². The first-order valence-electron chi connectivity index (χ1n) is 6.98. The van der Waals surface area contributed by atoms with E-state index < -0.39 is 0 Å². The summed E-state index contributed by atoms with van der Waals surface area (Å²) in [6, 6.07) is 15.5. The Kier molecular flexibility index (Phi) is 3.74. The van der Waals surface area contributed by atoms with Gasteiger partial charge in [0.15, 0.2) is 0 Å². The van der Waals surface area contributed by atoms with Crippen molar-refractivity contribution >= 4 is 5.97 Å². The molecular formula is C18H16N2O2. The lowest BCUT2D eigenvalue weighted by molar-refractivity contribution is 0.0601. The molecule has 0 atom stereocenters. The predicted octanol–water partition coefficient (Wildman–Crippen LogP) is 3.63. The third kappa shape index (κ3) is 2.63. The van der Waals surface area contributed by atoms with E-state index in [0.29, 0.717) is 5.56 Å². The summed E-state index contributed by atoms with van der Waals surface area (Å²) in [7, 11) is 1.38. The monoisotopic (exact) mass is 292 g/mol. The lowest BCUT2D eigenvalue weighted by atomic mass is 10.0. The fourth-order valence-electron chi connectivity index (χ4n) is 2.39. The highest BCUT2D eigenvalue weighted by molar-refractivity contribution is 5.90.